The Hall–Kier alpha value is -3.81. The molecule has 8 heteroatoms. The van der Waals surface area contributed by atoms with E-state index in [4.69, 9.17) is 4.98 Å². The molecule has 2 aromatic carbocycles. The number of benzene rings is 2. The highest BCUT2D eigenvalue weighted by Crippen LogP contribution is 2.27. The zero-order chi connectivity index (χ0) is 26.6. The number of hydrogen-bond acceptors (Lipinski definition) is 4. The summed E-state index contributed by atoms with van der Waals surface area (Å²) in [6.07, 6.45) is 2.56. The number of carbonyl (C=O) groups excluding carboxylic acids is 3. The van der Waals surface area contributed by atoms with Gasteiger partial charge in [0.2, 0.25) is 17.7 Å². The van der Waals surface area contributed by atoms with Gasteiger partial charge < -0.3 is 15.1 Å². The summed E-state index contributed by atoms with van der Waals surface area (Å²) in [5.74, 6) is -0.512. The van der Waals surface area contributed by atoms with Crippen molar-refractivity contribution in [2.45, 2.75) is 38.6 Å². The number of fused-ring (bicyclic) bond motifs is 1. The number of carbonyl (C=O) groups is 3. The van der Waals surface area contributed by atoms with Crippen molar-refractivity contribution in [2.24, 2.45) is 11.8 Å². The number of halogens is 1. The third-order valence-electron chi connectivity index (χ3n) is 7.87. The summed E-state index contributed by atoms with van der Waals surface area (Å²) in [6, 6.07) is 17.3. The van der Waals surface area contributed by atoms with E-state index in [1.807, 2.05) is 41.3 Å². The highest BCUT2D eigenvalue weighted by Gasteiger charge is 2.34. The predicted octanol–water partition coefficient (Wildman–Crippen LogP) is 4.08. The van der Waals surface area contributed by atoms with Gasteiger partial charge in [-0.3, -0.25) is 19.4 Å². The summed E-state index contributed by atoms with van der Waals surface area (Å²) in [7, 11) is 0. The number of amides is 3. The Bertz CT molecular complexity index is 1310. The van der Waals surface area contributed by atoms with Crippen LogP contribution in [-0.2, 0) is 14.4 Å². The lowest BCUT2D eigenvalue weighted by molar-refractivity contribution is -0.142. The molecule has 3 amide bonds. The number of aromatic nitrogens is 1. The molecule has 2 aliphatic heterocycles. The molecule has 3 heterocycles. The second-order valence-corrected chi connectivity index (χ2v) is 10.3. The van der Waals surface area contributed by atoms with Crippen LogP contribution in [0.25, 0.3) is 10.9 Å². The van der Waals surface area contributed by atoms with Crippen molar-refractivity contribution in [3.8, 4) is 0 Å². The molecule has 1 atom stereocenters. The van der Waals surface area contributed by atoms with E-state index in [2.05, 4.69) is 5.32 Å². The van der Waals surface area contributed by atoms with Gasteiger partial charge in [0.15, 0.2) is 0 Å². The predicted molar refractivity (Wildman–Crippen MR) is 142 cm³/mol. The van der Waals surface area contributed by atoms with Gasteiger partial charge in [-0.25, -0.2) is 4.39 Å². The lowest BCUT2D eigenvalue weighted by atomic mass is 9.91. The maximum absolute atomic E-state index is 13.7. The molecular formula is C30H33FN4O3. The lowest BCUT2D eigenvalue weighted by Crippen LogP contribution is -2.48. The van der Waals surface area contributed by atoms with Crippen LogP contribution in [0.1, 0.15) is 49.9 Å². The molecule has 2 saturated heterocycles. The first kappa shape index (κ1) is 25.8. The molecule has 198 valence electrons. The molecule has 0 aliphatic carbocycles. The third kappa shape index (κ3) is 5.69. The van der Waals surface area contributed by atoms with Crippen LogP contribution in [0.15, 0.2) is 60.7 Å². The summed E-state index contributed by atoms with van der Waals surface area (Å²) in [5.41, 5.74) is 2.27. The van der Waals surface area contributed by atoms with Crippen LogP contribution in [0.5, 0.6) is 0 Å². The fraction of sp³-hybridized carbons (Fsp3) is 0.400. The number of pyridine rings is 1. The van der Waals surface area contributed by atoms with E-state index < -0.39 is 6.04 Å². The summed E-state index contributed by atoms with van der Waals surface area (Å²) < 4.78 is 13.7. The van der Waals surface area contributed by atoms with Crippen LogP contribution in [0.3, 0.4) is 0 Å². The fourth-order valence-electron chi connectivity index (χ4n) is 5.55. The Morgan fingerprint density at radius 3 is 2.16 bits per heavy atom. The van der Waals surface area contributed by atoms with Crippen molar-refractivity contribution >= 4 is 28.6 Å². The summed E-state index contributed by atoms with van der Waals surface area (Å²) in [4.78, 5) is 46.5. The van der Waals surface area contributed by atoms with Crippen molar-refractivity contribution < 1.29 is 18.8 Å². The molecule has 5 rings (SSSR count). The maximum Gasteiger partial charge on any atom is 0.225 e. The summed E-state index contributed by atoms with van der Waals surface area (Å²) in [5, 5.41) is 4.17. The van der Waals surface area contributed by atoms with Gasteiger partial charge in [0, 0.05) is 50.3 Å². The molecule has 2 fully saturated rings. The number of rotatable bonds is 5. The zero-order valence-corrected chi connectivity index (χ0v) is 21.6. The number of hydrogen-bond donors (Lipinski definition) is 1. The fourth-order valence-corrected chi connectivity index (χ4v) is 5.55. The molecule has 0 bridgehead atoms. The molecule has 0 radical (unpaired) electrons. The van der Waals surface area contributed by atoms with E-state index in [0.29, 0.717) is 57.6 Å². The molecule has 1 aromatic heterocycles. The molecule has 3 aromatic rings. The van der Waals surface area contributed by atoms with Crippen molar-refractivity contribution in [2.75, 3.05) is 26.2 Å². The van der Waals surface area contributed by atoms with Crippen LogP contribution in [0.4, 0.5) is 4.39 Å². The molecule has 1 unspecified atom stereocenters. The van der Waals surface area contributed by atoms with E-state index in [1.165, 1.54) is 12.1 Å². The molecule has 1 N–H and O–H groups in total. The van der Waals surface area contributed by atoms with Crippen LogP contribution in [0, 0.1) is 17.7 Å². The molecular weight excluding hydrogens is 483 g/mol. The van der Waals surface area contributed by atoms with Gasteiger partial charge in [-0.2, -0.15) is 0 Å². The van der Waals surface area contributed by atoms with Gasteiger partial charge in [-0.05, 0) is 55.5 Å². The first-order chi connectivity index (χ1) is 18.4. The van der Waals surface area contributed by atoms with Gasteiger partial charge in [0.05, 0.1) is 17.3 Å². The normalized spacial score (nSPS) is 17.8. The van der Waals surface area contributed by atoms with Gasteiger partial charge in [0.25, 0.3) is 0 Å². The number of likely N-dealkylation sites (tertiary alicyclic amines) is 2. The quantitative estimate of drug-likeness (QED) is 0.554. The van der Waals surface area contributed by atoms with E-state index >= 15 is 0 Å². The molecule has 0 spiro atoms. The smallest absolute Gasteiger partial charge is 0.225 e. The second kappa shape index (κ2) is 11.3. The number of piperidine rings is 2. The van der Waals surface area contributed by atoms with E-state index in [0.717, 1.165) is 16.5 Å². The third-order valence-corrected chi connectivity index (χ3v) is 7.87. The van der Waals surface area contributed by atoms with Gasteiger partial charge in [0.1, 0.15) is 5.82 Å². The first-order valence-corrected chi connectivity index (χ1v) is 13.3. The van der Waals surface area contributed by atoms with Gasteiger partial charge in [-0.15, -0.1) is 0 Å². The standard InChI is InChI=1S/C30H33FN4O3/c1-20(36)34-16-14-24(15-17-34)30(38)35-18-12-23(13-19-35)29(37)33-28(22-6-9-25(31)10-7-22)27-11-8-21-4-2-3-5-26(21)32-27/h2-11,23-24,28H,12-19H2,1H3,(H,33,37). The number of nitrogens with zero attached hydrogens (tertiary/aromatic N) is 3. The lowest BCUT2D eigenvalue weighted by Gasteiger charge is -2.37. The minimum absolute atomic E-state index is 0.0561. The highest BCUT2D eigenvalue weighted by molar-refractivity contribution is 5.82. The van der Waals surface area contributed by atoms with Crippen molar-refractivity contribution in [3.05, 3.63) is 77.7 Å². The first-order valence-electron chi connectivity index (χ1n) is 13.3. The van der Waals surface area contributed by atoms with E-state index in [1.54, 1.807) is 24.0 Å². The topological polar surface area (TPSA) is 82.6 Å². The molecule has 38 heavy (non-hydrogen) atoms. The van der Waals surface area contributed by atoms with Crippen molar-refractivity contribution in [1.29, 1.82) is 0 Å². The highest BCUT2D eigenvalue weighted by atomic mass is 19.1. The molecule has 0 saturated carbocycles. The Morgan fingerprint density at radius 2 is 1.47 bits per heavy atom. The monoisotopic (exact) mass is 516 g/mol. The van der Waals surface area contributed by atoms with Crippen LogP contribution < -0.4 is 5.32 Å². The molecule has 7 nitrogen and oxygen atoms in total. The number of para-hydroxylation sites is 1. The second-order valence-electron chi connectivity index (χ2n) is 10.3. The zero-order valence-electron chi connectivity index (χ0n) is 21.6. The Labute approximate surface area is 222 Å². The number of nitrogens with one attached hydrogen (secondary N) is 1. The average Bonchev–Trinajstić information content (AvgIpc) is 2.96. The van der Waals surface area contributed by atoms with Gasteiger partial charge in [-0.1, -0.05) is 36.4 Å². The maximum atomic E-state index is 13.7. The molecule has 2 aliphatic rings. The van der Waals surface area contributed by atoms with Gasteiger partial charge >= 0.3 is 0 Å². The van der Waals surface area contributed by atoms with Crippen LogP contribution in [-0.4, -0.2) is 58.7 Å². The van der Waals surface area contributed by atoms with E-state index in [-0.39, 0.29) is 35.4 Å². The minimum atomic E-state index is -0.515. The Morgan fingerprint density at radius 1 is 0.842 bits per heavy atom. The average molecular weight is 517 g/mol. The van der Waals surface area contributed by atoms with Crippen molar-refractivity contribution in [3.63, 3.8) is 0 Å². The summed E-state index contributed by atoms with van der Waals surface area (Å²) in [6.45, 7) is 3.89. The minimum Gasteiger partial charge on any atom is -0.343 e. The largest absolute Gasteiger partial charge is 0.343 e. The van der Waals surface area contributed by atoms with Crippen LogP contribution in [0.2, 0.25) is 0 Å². The Kier molecular flexibility index (Phi) is 7.67. The van der Waals surface area contributed by atoms with E-state index in [9.17, 15) is 18.8 Å². The van der Waals surface area contributed by atoms with Crippen LogP contribution >= 0.6 is 0 Å². The SMILES string of the molecule is CC(=O)N1CCC(C(=O)N2CCC(C(=O)NC(c3ccc(F)cc3)c3ccc4ccccc4n3)CC2)CC1. The summed E-state index contributed by atoms with van der Waals surface area (Å²) >= 11 is 0. The van der Waals surface area contributed by atoms with Crippen molar-refractivity contribution in [1.82, 2.24) is 20.1 Å². The Balaban J connectivity index is 1.24.